The van der Waals surface area contributed by atoms with Crippen LogP contribution in [0.15, 0.2) is 30.3 Å². The first-order chi connectivity index (χ1) is 17.8. The number of rotatable bonds is 6. The van der Waals surface area contributed by atoms with Crippen LogP contribution in [-0.2, 0) is 6.54 Å². The molecule has 5 rings (SSSR count). The second-order valence-corrected chi connectivity index (χ2v) is 9.18. The van der Waals surface area contributed by atoms with Crippen LogP contribution in [0.2, 0.25) is 0 Å². The van der Waals surface area contributed by atoms with Crippen molar-refractivity contribution in [3.8, 4) is 11.5 Å². The molecule has 2 aromatic carbocycles. The average Bonchev–Trinajstić information content (AvgIpc) is 3.33. The summed E-state index contributed by atoms with van der Waals surface area (Å²) in [6, 6.07) is 7.30. The molecule has 0 saturated carbocycles. The monoisotopic (exact) mass is 512 g/mol. The minimum absolute atomic E-state index is 0.0544. The fourth-order valence-electron chi connectivity index (χ4n) is 4.81. The molecule has 0 radical (unpaired) electrons. The molecule has 2 aromatic heterocycles. The number of carboxylic acid groups (broad SMARTS) is 1. The van der Waals surface area contributed by atoms with Gasteiger partial charge in [0.1, 0.15) is 22.8 Å². The lowest BCUT2D eigenvalue weighted by Gasteiger charge is -2.33. The van der Waals surface area contributed by atoms with Crippen molar-refractivity contribution in [3.05, 3.63) is 53.4 Å². The lowest BCUT2D eigenvalue weighted by Crippen LogP contribution is -2.42. The highest BCUT2D eigenvalue weighted by molar-refractivity contribution is 5.92. The zero-order valence-corrected chi connectivity index (χ0v) is 20.5. The van der Waals surface area contributed by atoms with Gasteiger partial charge in [0.25, 0.3) is 0 Å². The second kappa shape index (κ2) is 9.68. The number of nitrogens with one attached hydrogen (secondary N) is 1. The number of amides is 1. The Hall–Kier alpha value is -4.22. The van der Waals surface area contributed by atoms with Gasteiger partial charge in [-0.3, -0.25) is 0 Å². The summed E-state index contributed by atoms with van der Waals surface area (Å²) in [5.41, 5.74) is 0.959. The summed E-state index contributed by atoms with van der Waals surface area (Å²) >= 11 is 0. The maximum atomic E-state index is 14.8. The van der Waals surface area contributed by atoms with Crippen LogP contribution < -0.4 is 14.8 Å². The number of ether oxygens (including phenoxy) is 2. The van der Waals surface area contributed by atoms with Crippen LogP contribution in [0.5, 0.6) is 11.5 Å². The van der Waals surface area contributed by atoms with Crippen molar-refractivity contribution < 1.29 is 28.2 Å². The third kappa shape index (κ3) is 4.66. The maximum absolute atomic E-state index is 14.8. The average molecular weight is 513 g/mol. The zero-order valence-electron chi connectivity index (χ0n) is 20.5. The third-order valence-electron chi connectivity index (χ3n) is 6.54. The lowest BCUT2D eigenvalue weighted by atomic mass is 9.90. The quantitative estimate of drug-likeness (QED) is 0.393. The molecule has 3 heterocycles. The van der Waals surface area contributed by atoms with Gasteiger partial charge in [-0.1, -0.05) is 6.92 Å². The number of benzene rings is 2. The molecule has 1 fully saturated rings. The van der Waals surface area contributed by atoms with E-state index in [9.17, 15) is 18.7 Å². The molecule has 0 aliphatic carbocycles. The molecule has 2 atom stereocenters. The van der Waals surface area contributed by atoms with Crippen LogP contribution >= 0.6 is 0 Å². The van der Waals surface area contributed by atoms with Crippen LogP contribution in [0.3, 0.4) is 0 Å². The van der Waals surface area contributed by atoms with E-state index in [0.29, 0.717) is 30.3 Å². The Morgan fingerprint density at radius 2 is 1.97 bits per heavy atom. The van der Waals surface area contributed by atoms with Gasteiger partial charge in [0.05, 0.1) is 19.6 Å². The maximum Gasteiger partial charge on any atom is 0.407 e. The Kier molecular flexibility index (Phi) is 6.40. The second-order valence-electron chi connectivity index (χ2n) is 9.18. The molecule has 1 aliphatic heterocycles. The van der Waals surface area contributed by atoms with Gasteiger partial charge in [-0.25, -0.2) is 23.5 Å². The van der Waals surface area contributed by atoms with Crippen molar-refractivity contribution in [1.29, 1.82) is 0 Å². The highest BCUT2D eigenvalue weighted by atomic mass is 19.1. The summed E-state index contributed by atoms with van der Waals surface area (Å²) in [4.78, 5) is 22.0. The summed E-state index contributed by atoms with van der Waals surface area (Å²) in [6.07, 6.45) is -0.326. The van der Waals surface area contributed by atoms with Crippen molar-refractivity contribution >= 4 is 28.6 Å². The fraction of sp³-hybridized carbons (Fsp3) is 0.360. The number of methoxy groups -OCH3 is 2. The molecule has 10 nitrogen and oxygen atoms in total. The van der Waals surface area contributed by atoms with Crippen LogP contribution in [0.1, 0.15) is 30.7 Å². The number of nitrogens with zero attached hydrogens (tertiary/aromatic N) is 5. The first-order valence-corrected chi connectivity index (χ1v) is 11.8. The lowest BCUT2D eigenvalue weighted by molar-refractivity contribution is 0.115. The Balaban J connectivity index is 1.58. The number of carbonyl (C=O) groups is 1. The van der Waals surface area contributed by atoms with Gasteiger partial charge >= 0.3 is 6.09 Å². The van der Waals surface area contributed by atoms with E-state index >= 15 is 0 Å². The molecule has 1 amide bonds. The fourth-order valence-corrected chi connectivity index (χ4v) is 4.81. The molecular weight excluding hydrogens is 486 g/mol. The Morgan fingerprint density at radius 3 is 2.70 bits per heavy atom. The first kappa shape index (κ1) is 24.5. The number of piperidine rings is 1. The van der Waals surface area contributed by atoms with E-state index < -0.39 is 17.7 Å². The summed E-state index contributed by atoms with van der Waals surface area (Å²) in [6.45, 7) is 2.88. The molecule has 0 spiro atoms. The van der Waals surface area contributed by atoms with Crippen LogP contribution in [0, 0.1) is 17.6 Å². The van der Waals surface area contributed by atoms with Gasteiger partial charge in [-0.15, -0.1) is 5.10 Å². The highest BCUT2D eigenvalue weighted by Crippen LogP contribution is 2.32. The van der Waals surface area contributed by atoms with E-state index in [2.05, 4.69) is 20.4 Å². The van der Waals surface area contributed by atoms with Gasteiger partial charge in [-0.2, -0.15) is 4.52 Å². The number of hydrogen-bond acceptors (Lipinski definition) is 7. The van der Waals surface area contributed by atoms with Crippen molar-refractivity contribution in [1.82, 2.24) is 24.5 Å². The van der Waals surface area contributed by atoms with Gasteiger partial charge < -0.3 is 24.8 Å². The summed E-state index contributed by atoms with van der Waals surface area (Å²) in [5, 5.41) is 17.5. The minimum Gasteiger partial charge on any atom is -0.497 e. The van der Waals surface area contributed by atoms with Gasteiger partial charge in [-0.05, 0) is 30.5 Å². The van der Waals surface area contributed by atoms with Gasteiger partial charge in [0.15, 0.2) is 17.3 Å². The van der Waals surface area contributed by atoms with Crippen molar-refractivity contribution in [2.45, 2.75) is 25.8 Å². The van der Waals surface area contributed by atoms with Crippen LogP contribution in [0.4, 0.5) is 19.5 Å². The number of aromatic nitrogens is 4. The molecule has 12 heteroatoms. The van der Waals surface area contributed by atoms with Crippen LogP contribution in [0.25, 0.3) is 16.6 Å². The molecule has 194 valence electrons. The summed E-state index contributed by atoms with van der Waals surface area (Å²) in [7, 11) is 3.11. The number of hydrogen-bond donors (Lipinski definition) is 2. The smallest absolute Gasteiger partial charge is 0.407 e. The zero-order chi connectivity index (χ0) is 26.3. The van der Waals surface area contributed by atoms with Crippen LogP contribution in [-0.4, -0.2) is 63.0 Å². The Bertz CT molecular complexity index is 1490. The molecule has 0 unspecified atom stereocenters. The topological polar surface area (TPSA) is 114 Å². The standard InChI is InChI=1S/C25H26F2N6O4/c1-13-6-15(12-32(11-13)25(34)35)22-30-23-18-7-16(26)8-19(27)21(18)29-24(33(23)31-22)28-10-14-4-5-17(36-2)9-20(14)37-3/h4-5,7-9,13,15H,6,10-12H2,1-3H3,(H,28,29)(H,34,35)/t13-,15+/m1/s1. The van der Waals surface area contributed by atoms with E-state index in [-0.39, 0.29) is 47.4 Å². The minimum atomic E-state index is -1.01. The molecule has 37 heavy (non-hydrogen) atoms. The van der Waals surface area contributed by atoms with E-state index in [0.717, 1.165) is 11.6 Å². The molecule has 4 aromatic rings. The van der Waals surface area contributed by atoms with Crippen molar-refractivity contribution in [3.63, 3.8) is 0 Å². The first-order valence-electron chi connectivity index (χ1n) is 11.8. The van der Waals surface area contributed by atoms with E-state index in [4.69, 9.17) is 9.47 Å². The predicted molar refractivity (Wildman–Crippen MR) is 131 cm³/mol. The Morgan fingerprint density at radius 1 is 1.16 bits per heavy atom. The summed E-state index contributed by atoms with van der Waals surface area (Å²) in [5.74, 6) is 0.0515. The molecule has 1 aliphatic rings. The SMILES string of the molecule is COc1ccc(CNc2nc3c(F)cc(F)cc3c3nc([C@H]4C[C@@H](C)CN(C(=O)O)C4)nn23)c(OC)c1. The normalized spacial score (nSPS) is 17.8. The third-order valence-corrected chi connectivity index (χ3v) is 6.54. The van der Waals surface area contributed by atoms with Crippen molar-refractivity contribution in [2.75, 3.05) is 32.6 Å². The molecule has 1 saturated heterocycles. The van der Waals surface area contributed by atoms with E-state index in [1.54, 1.807) is 26.4 Å². The number of halogens is 2. The van der Waals surface area contributed by atoms with E-state index in [1.165, 1.54) is 15.5 Å². The number of likely N-dealkylation sites (tertiary alicyclic amines) is 1. The largest absolute Gasteiger partial charge is 0.497 e. The molecule has 2 N–H and O–H groups in total. The Labute approximate surface area is 210 Å². The molecule has 0 bridgehead atoms. The number of fused-ring (bicyclic) bond motifs is 3. The number of anilines is 1. The predicted octanol–water partition coefficient (Wildman–Crippen LogP) is 4.29. The highest BCUT2D eigenvalue weighted by Gasteiger charge is 2.32. The van der Waals surface area contributed by atoms with Gasteiger partial charge in [0, 0.05) is 43.2 Å². The van der Waals surface area contributed by atoms with Gasteiger partial charge in [0.2, 0.25) is 5.95 Å². The molecular formula is C25H26F2N6O4. The summed E-state index contributed by atoms with van der Waals surface area (Å²) < 4.78 is 41.1. The van der Waals surface area contributed by atoms with E-state index in [1.807, 2.05) is 13.0 Å². The van der Waals surface area contributed by atoms with Crippen molar-refractivity contribution in [2.24, 2.45) is 5.92 Å².